The van der Waals surface area contributed by atoms with E-state index < -0.39 is 11.7 Å². The van der Waals surface area contributed by atoms with Crippen molar-refractivity contribution in [3.05, 3.63) is 99.0 Å². The molecule has 0 unspecified atom stereocenters. The van der Waals surface area contributed by atoms with Crippen molar-refractivity contribution >= 4 is 38.9 Å². The molecule has 0 aromatic heterocycles. The topological polar surface area (TPSA) is 15.6 Å². The van der Waals surface area contributed by atoms with Gasteiger partial charge < -0.3 is 0 Å². The van der Waals surface area contributed by atoms with Crippen LogP contribution in [0.1, 0.15) is 29.2 Å². The predicted octanol–water partition coefficient (Wildman–Crippen LogP) is 7.48. The van der Waals surface area contributed by atoms with Gasteiger partial charge in [0.1, 0.15) is 0 Å². The summed E-state index contributed by atoms with van der Waals surface area (Å²) in [5.41, 5.74) is 2.15. The van der Waals surface area contributed by atoms with Crippen molar-refractivity contribution in [2.75, 3.05) is 5.01 Å². The number of anilines is 1. The van der Waals surface area contributed by atoms with Crippen LogP contribution in [0.25, 0.3) is 0 Å². The van der Waals surface area contributed by atoms with Crippen molar-refractivity contribution in [3.8, 4) is 0 Å². The van der Waals surface area contributed by atoms with E-state index in [0.29, 0.717) is 6.42 Å². The van der Waals surface area contributed by atoms with Gasteiger partial charge in [0.25, 0.3) is 0 Å². The zero-order valence-corrected chi connectivity index (χ0v) is 17.3. The van der Waals surface area contributed by atoms with Crippen LogP contribution < -0.4 is 5.01 Å². The molecular weight excluding hydrogens is 465 g/mol. The Balaban J connectivity index is 1.81. The molecule has 1 heterocycles. The van der Waals surface area contributed by atoms with Crippen molar-refractivity contribution in [3.63, 3.8) is 0 Å². The van der Waals surface area contributed by atoms with E-state index in [0.717, 1.165) is 33.4 Å². The molecule has 1 aliphatic heterocycles. The summed E-state index contributed by atoms with van der Waals surface area (Å²) in [6.07, 6.45) is -3.90. The van der Waals surface area contributed by atoms with E-state index >= 15 is 0 Å². The molecule has 1 aliphatic rings. The van der Waals surface area contributed by atoms with Gasteiger partial charge in [-0.05, 0) is 41.5 Å². The molecule has 4 rings (SSSR count). The molecule has 0 bridgehead atoms. The third-order valence-corrected chi connectivity index (χ3v) is 5.64. The standard InChI is InChI=1S/C22H15BrClF3N2/c23-17-9-6-14(7-10-17)19-13-20(15-4-2-1-3-5-15)29(28-19)21-12-16(22(25,26)27)8-11-18(21)24/h1-12,20H,13H2/t20-/m1/s1. The Labute approximate surface area is 179 Å². The van der Waals surface area contributed by atoms with E-state index in [2.05, 4.69) is 21.0 Å². The molecule has 0 amide bonds. The monoisotopic (exact) mass is 478 g/mol. The first-order valence-corrected chi connectivity index (χ1v) is 10.0. The van der Waals surface area contributed by atoms with Gasteiger partial charge in [0.15, 0.2) is 0 Å². The molecule has 0 spiro atoms. The molecule has 2 nitrogen and oxygen atoms in total. The van der Waals surface area contributed by atoms with Gasteiger partial charge in [-0.15, -0.1) is 0 Å². The largest absolute Gasteiger partial charge is 0.416 e. The number of halogens is 5. The van der Waals surface area contributed by atoms with Crippen molar-refractivity contribution in [2.24, 2.45) is 5.10 Å². The summed E-state index contributed by atoms with van der Waals surface area (Å²) in [6.45, 7) is 0. The molecule has 3 aromatic rings. The smallest absolute Gasteiger partial charge is 0.256 e. The van der Waals surface area contributed by atoms with Gasteiger partial charge in [-0.1, -0.05) is 70.0 Å². The van der Waals surface area contributed by atoms with Gasteiger partial charge in [-0.3, -0.25) is 5.01 Å². The molecule has 0 saturated carbocycles. The van der Waals surface area contributed by atoms with Crippen LogP contribution in [0.15, 0.2) is 82.4 Å². The molecule has 0 N–H and O–H groups in total. The van der Waals surface area contributed by atoms with Crippen LogP contribution in [-0.4, -0.2) is 5.71 Å². The molecule has 0 aliphatic carbocycles. The van der Waals surface area contributed by atoms with E-state index in [4.69, 9.17) is 11.6 Å². The molecule has 0 radical (unpaired) electrons. The van der Waals surface area contributed by atoms with Crippen molar-refractivity contribution in [1.29, 1.82) is 0 Å². The minimum Gasteiger partial charge on any atom is -0.256 e. The van der Waals surface area contributed by atoms with Gasteiger partial charge in [0.05, 0.1) is 28.0 Å². The quantitative estimate of drug-likeness (QED) is 0.380. The minimum absolute atomic E-state index is 0.222. The highest BCUT2D eigenvalue weighted by Gasteiger charge is 2.35. The van der Waals surface area contributed by atoms with E-state index in [1.807, 2.05) is 54.6 Å². The second kappa shape index (κ2) is 7.84. The summed E-state index contributed by atoms with van der Waals surface area (Å²) in [7, 11) is 0. The summed E-state index contributed by atoms with van der Waals surface area (Å²) in [6, 6.07) is 20.3. The third kappa shape index (κ3) is 4.19. The van der Waals surface area contributed by atoms with Gasteiger partial charge in [-0.2, -0.15) is 18.3 Å². The summed E-state index contributed by atoms with van der Waals surface area (Å²) >= 11 is 9.72. The maximum Gasteiger partial charge on any atom is 0.416 e. The van der Waals surface area contributed by atoms with E-state index in [1.165, 1.54) is 6.07 Å². The van der Waals surface area contributed by atoms with Crippen LogP contribution in [0.5, 0.6) is 0 Å². The number of benzene rings is 3. The average Bonchev–Trinajstić information content (AvgIpc) is 3.14. The Kier molecular flexibility index (Phi) is 5.40. The second-order valence-electron chi connectivity index (χ2n) is 6.69. The Morgan fingerprint density at radius 3 is 2.31 bits per heavy atom. The highest BCUT2D eigenvalue weighted by molar-refractivity contribution is 9.10. The number of rotatable bonds is 3. The first-order chi connectivity index (χ1) is 13.8. The number of hydrogen-bond acceptors (Lipinski definition) is 2. The van der Waals surface area contributed by atoms with Crippen LogP contribution in [0.2, 0.25) is 5.02 Å². The normalized spacial score (nSPS) is 16.8. The molecule has 0 saturated heterocycles. The van der Waals surface area contributed by atoms with E-state index in [1.54, 1.807) is 5.01 Å². The molecule has 148 valence electrons. The van der Waals surface area contributed by atoms with Crippen LogP contribution in [0.4, 0.5) is 18.9 Å². The first-order valence-electron chi connectivity index (χ1n) is 8.87. The molecule has 29 heavy (non-hydrogen) atoms. The number of hydrazone groups is 1. The summed E-state index contributed by atoms with van der Waals surface area (Å²) < 4.78 is 40.8. The lowest BCUT2D eigenvalue weighted by molar-refractivity contribution is -0.137. The molecule has 1 atom stereocenters. The lowest BCUT2D eigenvalue weighted by Gasteiger charge is -2.25. The van der Waals surface area contributed by atoms with Gasteiger partial charge in [0.2, 0.25) is 0 Å². The highest BCUT2D eigenvalue weighted by atomic mass is 79.9. The van der Waals surface area contributed by atoms with Crippen LogP contribution in [0.3, 0.4) is 0 Å². The lowest BCUT2D eigenvalue weighted by atomic mass is 9.98. The average molecular weight is 480 g/mol. The summed E-state index contributed by atoms with van der Waals surface area (Å²) in [4.78, 5) is 0. The fourth-order valence-corrected chi connectivity index (χ4v) is 3.82. The van der Waals surface area contributed by atoms with Crippen LogP contribution in [0, 0.1) is 0 Å². The zero-order valence-electron chi connectivity index (χ0n) is 15.0. The maximum absolute atomic E-state index is 13.3. The second-order valence-corrected chi connectivity index (χ2v) is 8.02. The van der Waals surface area contributed by atoms with E-state index in [9.17, 15) is 13.2 Å². The van der Waals surface area contributed by atoms with Crippen molar-refractivity contribution in [2.45, 2.75) is 18.6 Å². The Morgan fingerprint density at radius 2 is 1.66 bits per heavy atom. The lowest BCUT2D eigenvalue weighted by Crippen LogP contribution is -2.19. The third-order valence-electron chi connectivity index (χ3n) is 4.79. The first kappa shape index (κ1) is 20.0. The predicted molar refractivity (Wildman–Crippen MR) is 113 cm³/mol. The highest BCUT2D eigenvalue weighted by Crippen LogP contribution is 2.42. The number of nitrogens with zero attached hydrogens (tertiary/aromatic N) is 2. The fourth-order valence-electron chi connectivity index (χ4n) is 3.35. The van der Waals surface area contributed by atoms with E-state index in [-0.39, 0.29) is 16.8 Å². The molecule has 7 heteroatoms. The minimum atomic E-state index is -4.46. The van der Waals surface area contributed by atoms with Crippen molar-refractivity contribution in [1.82, 2.24) is 0 Å². The molecule has 3 aromatic carbocycles. The Hall–Kier alpha value is -2.31. The zero-order chi connectivity index (χ0) is 20.6. The van der Waals surface area contributed by atoms with Gasteiger partial charge >= 0.3 is 6.18 Å². The van der Waals surface area contributed by atoms with Crippen LogP contribution >= 0.6 is 27.5 Å². The molecular formula is C22H15BrClF3N2. The van der Waals surface area contributed by atoms with Crippen LogP contribution in [-0.2, 0) is 6.18 Å². The SMILES string of the molecule is FC(F)(F)c1ccc(Cl)c(N2N=C(c3ccc(Br)cc3)C[C@@H]2c2ccccc2)c1. The maximum atomic E-state index is 13.3. The van der Waals surface area contributed by atoms with Gasteiger partial charge in [0, 0.05) is 10.9 Å². The molecule has 0 fully saturated rings. The van der Waals surface area contributed by atoms with Gasteiger partial charge in [-0.25, -0.2) is 0 Å². The fraction of sp³-hybridized carbons (Fsp3) is 0.136. The number of hydrogen-bond donors (Lipinski definition) is 0. The summed E-state index contributed by atoms with van der Waals surface area (Å²) in [5.74, 6) is 0. The number of alkyl halides is 3. The van der Waals surface area contributed by atoms with Crippen molar-refractivity contribution < 1.29 is 13.2 Å². The Morgan fingerprint density at radius 1 is 0.966 bits per heavy atom. The Bertz CT molecular complexity index is 1050. The summed E-state index contributed by atoms with van der Waals surface area (Å²) in [5, 5.41) is 6.51.